The summed E-state index contributed by atoms with van der Waals surface area (Å²) in [5, 5.41) is 50.1. The summed E-state index contributed by atoms with van der Waals surface area (Å²) in [5.41, 5.74) is 1.23. The molecule has 0 unspecified atom stereocenters. The van der Waals surface area contributed by atoms with E-state index in [2.05, 4.69) is 17.2 Å². The van der Waals surface area contributed by atoms with Crippen molar-refractivity contribution in [3.63, 3.8) is 0 Å². The van der Waals surface area contributed by atoms with E-state index in [1.54, 1.807) is 24.3 Å². The molecular formula is C19H23NO8. The Kier molecular flexibility index (Phi) is 7.51. The van der Waals surface area contributed by atoms with Gasteiger partial charge >= 0.3 is 5.97 Å². The van der Waals surface area contributed by atoms with Crippen LogP contribution in [-0.2, 0) is 20.7 Å². The topological polar surface area (TPSA) is 157 Å². The SMILES string of the molecule is CC(=O)N[C@@H](Cc1ccc(C#C[C@H]2O[C@H](CO)[C@@H](O)[C@H](O)[C@@H]2O)cc1)C(=O)O. The first-order valence-corrected chi connectivity index (χ1v) is 8.63. The van der Waals surface area contributed by atoms with E-state index < -0.39 is 55.0 Å². The van der Waals surface area contributed by atoms with Crippen molar-refractivity contribution < 1.29 is 39.9 Å². The molecule has 9 nitrogen and oxygen atoms in total. The standard InChI is InChI=1S/C19H23NO8/c1-10(22)20-13(19(26)27)8-12-4-2-11(3-5-12)6-7-14-16(23)18(25)17(24)15(9-21)28-14/h2-5,13-18,21,23-25H,8-9H2,1H3,(H,20,22)(H,26,27)/t13-,14+,15+,16+,17+,18+/m0/s1. The molecule has 0 radical (unpaired) electrons. The van der Waals surface area contributed by atoms with E-state index in [0.717, 1.165) is 0 Å². The van der Waals surface area contributed by atoms with Crippen molar-refractivity contribution in [3.8, 4) is 11.8 Å². The molecule has 152 valence electrons. The minimum Gasteiger partial charge on any atom is -0.480 e. The molecule has 0 aliphatic carbocycles. The summed E-state index contributed by atoms with van der Waals surface area (Å²) in [7, 11) is 0. The van der Waals surface area contributed by atoms with Gasteiger partial charge in [-0.25, -0.2) is 4.79 Å². The molecule has 0 saturated carbocycles. The Bertz CT molecular complexity index is 751. The van der Waals surface area contributed by atoms with E-state index in [-0.39, 0.29) is 6.42 Å². The van der Waals surface area contributed by atoms with Gasteiger partial charge in [-0.3, -0.25) is 4.79 Å². The molecule has 0 aromatic heterocycles. The highest BCUT2D eigenvalue weighted by molar-refractivity contribution is 5.82. The minimum atomic E-state index is -1.49. The highest BCUT2D eigenvalue weighted by Crippen LogP contribution is 2.20. The van der Waals surface area contributed by atoms with Crippen molar-refractivity contribution in [2.45, 2.75) is 49.9 Å². The first-order chi connectivity index (χ1) is 13.2. The van der Waals surface area contributed by atoms with Gasteiger partial charge in [0.15, 0.2) is 0 Å². The first kappa shape index (κ1) is 21.8. The van der Waals surface area contributed by atoms with Crippen molar-refractivity contribution in [1.82, 2.24) is 5.32 Å². The Hall–Kier alpha value is -2.48. The lowest BCUT2D eigenvalue weighted by molar-refractivity contribution is -0.214. The number of aliphatic carboxylic acids is 1. The minimum absolute atomic E-state index is 0.106. The van der Waals surface area contributed by atoms with Gasteiger partial charge in [-0.05, 0) is 17.7 Å². The highest BCUT2D eigenvalue weighted by atomic mass is 16.5. The number of hydrogen-bond donors (Lipinski definition) is 6. The monoisotopic (exact) mass is 393 g/mol. The maximum absolute atomic E-state index is 11.2. The normalized spacial score (nSPS) is 28.0. The van der Waals surface area contributed by atoms with Crippen molar-refractivity contribution in [2.24, 2.45) is 0 Å². The zero-order valence-corrected chi connectivity index (χ0v) is 15.1. The van der Waals surface area contributed by atoms with Crippen molar-refractivity contribution in [3.05, 3.63) is 35.4 Å². The van der Waals surface area contributed by atoms with Gasteiger partial charge in [0.25, 0.3) is 0 Å². The second-order valence-electron chi connectivity index (χ2n) is 6.51. The second-order valence-corrected chi connectivity index (χ2v) is 6.51. The fraction of sp³-hybridized carbons (Fsp3) is 0.474. The highest BCUT2D eigenvalue weighted by Gasteiger charge is 2.42. The molecule has 1 aromatic carbocycles. The number of carbonyl (C=O) groups excluding carboxylic acids is 1. The lowest BCUT2D eigenvalue weighted by atomic mass is 9.95. The Morgan fingerprint density at radius 3 is 2.32 bits per heavy atom. The van der Waals surface area contributed by atoms with Gasteiger partial charge in [0.05, 0.1) is 6.61 Å². The number of hydrogen-bond acceptors (Lipinski definition) is 7. The van der Waals surface area contributed by atoms with E-state index >= 15 is 0 Å². The molecule has 28 heavy (non-hydrogen) atoms. The van der Waals surface area contributed by atoms with Gasteiger partial charge in [0, 0.05) is 18.9 Å². The molecule has 0 bridgehead atoms. The maximum Gasteiger partial charge on any atom is 0.326 e. The number of benzene rings is 1. The van der Waals surface area contributed by atoms with Crippen LogP contribution in [0.5, 0.6) is 0 Å². The molecule has 1 aromatic rings. The average molecular weight is 393 g/mol. The predicted octanol–water partition coefficient (Wildman–Crippen LogP) is -1.99. The summed E-state index contributed by atoms with van der Waals surface area (Å²) in [6.07, 6.45) is -6.38. The molecule has 1 saturated heterocycles. The number of carbonyl (C=O) groups is 2. The predicted molar refractivity (Wildman–Crippen MR) is 96.0 cm³/mol. The molecular weight excluding hydrogens is 370 g/mol. The Balaban J connectivity index is 2.06. The number of ether oxygens (including phenoxy) is 1. The van der Waals surface area contributed by atoms with E-state index in [1.807, 2.05) is 0 Å². The Labute approximate surface area is 161 Å². The van der Waals surface area contributed by atoms with Crippen LogP contribution < -0.4 is 5.32 Å². The summed E-state index contributed by atoms with van der Waals surface area (Å²) in [6, 6.07) is 5.56. The number of amides is 1. The molecule has 2 rings (SSSR count). The van der Waals surface area contributed by atoms with Crippen LogP contribution in [0, 0.1) is 11.8 Å². The van der Waals surface area contributed by atoms with Crippen molar-refractivity contribution in [2.75, 3.05) is 6.61 Å². The summed E-state index contributed by atoms with van der Waals surface area (Å²) in [4.78, 5) is 22.3. The third-order valence-corrected chi connectivity index (χ3v) is 4.32. The number of aliphatic hydroxyl groups is 4. The van der Waals surface area contributed by atoms with Gasteiger partial charge in [-0.1, -0.05) is 24.0 Å². The van der Waals surface area contributed by atoms with Gasteiger partial charge in [-0.15, -0.1) is 0 Å². The molecule has 6 N–H and O–H groups in total. The van der Waals surface area contributed by atoms with Crippen LogP contribution in [0.4, 0.5) is 0 Å². The number of aliphatic hydroxyl groups excluding tert-OH is 4. The maximum atomic E-state index is 11.2. The number of carboxylic acids is 1. The number of carboxylic acid groups (broad SMARTS) is 1. The van der Waals surface area contributed by atoms with E-state index in [9.17, 15) is 30.0 Å². The van der Waals surface area contributed by atoms with Gasteiger partial charge in [-0.2, -0.15) is 0 Å². The second kappa shape index (κ2) is 9.64. The fourth-order valence-corrected chi connectivity index (χ4v) is 2.78. The third kappa shape index (κ3) is 5.51. The molecule has 9 heteroatoms. The van der Waals surface area contributed by atoms with E-state index in [4.69, 9.17) is 9.84 Å². The van der Waals surface area contributed by atoms with Crippen LogP contribution in [0.3, 0.4) is 0 Å². The Morgan fingerprint density at radius 2 is 1.79 bits per heavy atom. The average Bonchev–Trinajstić information content (AvgIpc) is 2.66. The zero-order valence-electron chi connectivity index (χ0n) is 15.1. The van der Waals surface area contributed by atoms with Crippen LogP contribution in [0.15, 0.2) is 24.3 Å². The lowest BCUT2D eigenvalue weighted by Gasteiger charge is -2.37. The molecule has 1 fully saturated rings. The van der Waals surface area contributed by atoms with Gasteiger partial charge < -0.3 is 35.6 Å². The summed E-state index contributed by atoms with van der Waals surface area (Å²) < 4.78 is 5.30. The fourth-order valence-electron chi connectivity index (χ4n) is 2.78. The van der Waals surface area contributed by atoms with Crippen LogP contribution in [0.1, 0.15) is 18.1 Å². The van der Waals surface area contributed by atoms with E-state index in [0.29, 0.717) is 11.1 Å². The molecule has 6 atom stereocenters. The molecule has 1 heterocycles. The quantitative estimate of drug-likeness (QED) is 0.314. The van der Waals surface area contributed by atoms with Gasteiger partial charge in [0.1, 0.15) is 36.6 Å². The molecule has 1 amide bonds. The van der Waals surface area contributed by atoms with Crippen LogP contribution >= 0.6 is 0 Å². The van der Waals surface area contributed by atoms with E-state index in [1.165, 1.54) is 6.92 Å². The summed E-state index contributed by atoms with van der Waals surface area (Å²) >= 11 is 0. The Morgan fingerprint density at radius 1 is 1.14 bits per heavy atom. The number of nitrogens with one attached hydrogen (secondary N) is 1. The van der Waals surface area contributed by atoms with Crippen LogP contribution in [-0.4, -0.2) is 80.6 Å². The molecule has 0 spiro atoms. The largest absolute Gasteiger partial charge is 0.480 e. The van der Waals surface area contributed by atoms with Crippen molar-refractivity contribution >= 4 is 11.9 Å². The summed E-state index contributed by atoms with van der Waals surface area (Å²) in [6.45, 7) is 0.713. The third-order valence-electron chi connectivity index (χ3n) is 4.32. The molecule has 1 aliphatic heterocycles. The van der Waals surface area contributed by atoms with Crippen molar-refractivity contribution in [1.29, 1.82) is 0 Å². The smallest absolute Gasteiger partial charge is 0.326 e. The molecule has 1 aliphatic rings. The lowest BCUT2D eigenvalue weighted by Crippen LogP contribution is -2.58. The summed E-state index contributed by atoms with van der Waals surface area (Å²) in [5.74, 6) is 3.84. The van der Waals surface area contributed by atoms with Crippen LogP contribution in [0.2, 0.25) is 0 Å². The van der Waals surface area contributed by atoms with Gasteiger partial charge in [0.2, 0.25) is 5.91 Å². The first-order valence-electron chi connectivity index (χ1n) is 8.63. The van der Waals surface area contributed by atoms with Crippen LogP contribution in [0.25, 0.3) is 0 Å². The zero-order chi connectivity index (χ0) is 20.8. The number of rotatable bonds is 5.